The molecule has 238 valence electrons. The Kier molecular flexibility index (Phi) is 14.8. The van der Waals surface area contributed by atoms with Gasteiger partial charge in [-0.2, -0.15) is 24.3 Å². The molecule has 49 heavy (non-hydrogen) atoms. The molecule has 0 radical (unpaired) electrons. The topological polar surface area (TPSA) is 40.5 Å². The van der Waals surface area contributed by atoms with Crippen molar-refractivity contribution in [3.05, 3.63) is 218 Å². The first-order valence-corrected chi connectivity index (χ1v) is 15.9. The number of hydrogen-bond acceptors (Lipinski definition) is 2. The van der Waals surface area contributed by atoms with E-state index in [-0.39, 0.29) is 26.2 Å². The fourth-order valence-electron chi connectivity index (χ4n) is 4.96. The van der Waals surface area contributed by atoms with Crippen LogP contribution in [0.2, 0.25) is 0 Å². The fourth-order valence-corrected chi connectivity index (χ4v) is 4.96. The third kappa shape index (κ3) is 11.9. The molecular formula is C46H38O2Zr. The Morgan fingerprint density at radius 1 is 0.265 bits per heavy atom. The van der Waals surface area contributed by atoms with E-state index in [1.807, 2.05) is 97.1 Å². The maximum absolute atomic E-state index is 9.10. The van der Waals surface area contributed by atoms with E-state index in [4.69, 9.17) is 10.2 Å². The number of phenols is 2. The predicted molar refractivity (Wildman–Crippen MR) is 202 cm³/mol. The molecule has 0 saturated heterocycles. The van der Waals surface area contributed by atoms with Crippen molar-refractivity contribution in [2.75, 3.05) is 0 Å². The van der Waals surface area contributed by atoms with Crippen LogP contribution in [0.25, 0.3) is 44.5 Å². The van der Waals surface area contributed by atoms with Crippen LogP contribution in [0, 0.1) is 0 Å². The third-order valence-electron chi connectivity index (χ3n) is 7.49. The van der Waals surface area contributed by atoms with E-state index < -0.39 is 0 Å². The molecule has 0 amide bonds. The zero-order chi connectivity index (χ0) is 33.2. The van der Waals surface area contributed by atoms with Crippen molar-refractivity contribution in [3.8, 4) is 56.0 Å². The van der Waals surface area contributed by atoms with Gasteiger partial charge in [0.15, 0.2) is 0 Å². The van der Waals surface area contributed by atoms with Gasteiger partial charge in [0.2, 0.25) is 0 Å². The van der Waals surface area contributed by atoms with Crippen LogP contribution >= 0.6 is 0 Å². The summed E-state index contributed by atoms with van der Waals surface area (Å²) in [6.45, 7) is 0. The summed E-state index contributed by atoms with van der Waals surface area (Å²) in [7, 11) is 0. The van der Waals surface area contributed by atoms with Gasteiger partial charge in [-0.05, 0) is 46.5 Å². The van der Waals surface area contributed by atoms with Crippen LogP contribution in [0.5, 0.6) is 11.5 Å². The van der Waals surface area contributed by atoms with Crippen LogP contribution in [0.3, 0.4) is 0 Å². The molecule has 3 heteroatoms. The van der Waals surface area contributed by atoms with Gasteiger partial charge in [-0.25, -0.2) is 0 Å². The molecule has 0 bridgehead atoms. The quantitative estimate of drug-likeness (QED) is 0.178. The molecule has 0 heterocycles. The van der Waals surface area contributed by atoms with E-state index in [1.54, 1.807) is 24.3 Å². The second-order valence-electron chi connectivity index (χ2n) is 10.9. The minimum Gasteiger partial charge on any atom is -0.508 e. The molecule has 0 saturated carbocycles. The molecular weight excluding hydrogens is 676 g/mol. The average molecular weight is 714 g/mol. The van der Waals surface area contributed by atoms with Gasteiger partial charge in [-0.15, -0.1) is 59.7 Å². The normalized spacial score (nSPS) is 9.63. The van der Waals surface area contributed by atoms with Gasteiger partial charge in [-0.1, -0.05) is 132 Å². The third-order valence-corrected chi connectivity index (χ3v) is 7.49. The van der Waals surface area contributed by atoms with Crippen LogP contribution in [0.15, 0.2) is 218 Å². The van der Waals surface area contributed by atoms with E-state index in [9.17, 15) is 0 Å². The standard InChI is InChI=1S/2C12H10O.2C11H9.Zr/c2*13-12-8-6-11(7-9-12)10-4-2-1-3-5-10;2*1-2-6-10(7-3-1)11-8-4-5-9-11;/h2*1-9,13H;2*1-9H;/q;;2*-1;+2. The first-order valence-electron chi connectivity index (χ1n) is 15.9. The SMILES string of the molecule is Oc1ccc(-c2ccccc2)cc1.Oc1ccc(-c2ccccc2)cc1.[Zr+2].c1ccc(-[c-]2cccc2)cc1.c1ccc(-[c-]2cccc2)cc1. The molecule has 0 aliphatic heterocycles. The van der Waals surface area contributed by atoms with Crippen molar-refractivity contribution >= 4 is 0 Å². The molecule has 0 aliphatic rings. The molecule has 0 unspecified atom stereocenters. The van der Waals surface area contributed by atoms with Crippen LogP contribution in [0.1, 0.15) is 0 Å². The van der Waals surface area contributed by atoms with Crippen molar-refractivity contribution < 1.29 is 36.4 Å². The average Bonchev–Trinajstić information content (AvgIpc) is 3.91. The second-order valence-corrected chi connectivity index (χ2v) is 10.9. The van der Waals surface area contributed by atoms with E-state index in [0.717, 1.165) is 11.1 Å². The summed E-state index contributed by atoms with van der Waals surface area (Å²) in [5.74, 6) is 0.611. The monoisotopic (exact) mass is 712 g/mol. The van der Waals surface area contributed by atoms with Crippen LogP contribution in [-0.2, 0) is 26.2 Å². The van der Waals surface area contributed by atoms with E-state index >= 15 is 0 Å². The van der Waals surface area contributed by atoms with E-state index in [0.29, 0.717) is 11.5 Å². The van der Waals surface area contributed by atoms with Crippen molar-refractivity contribution in [1.82, 2.24) is 0 Å². The summed E-state index contributed by atoms with van der Waals surface area (Å²) in [4.78, 5) is 0. The minimum absolute atomic E-state index is 0. The molecule has 0 fully saturated rings. The van der Waals surface area contributed by atoms with Crippen LogP contribution in [-0.4, -0.2) is 10.2 Å². The van der Waals surface area contributed by atoms with Gasteiger partial charge in [0.1, 0.15) is 11.5 Å². The molecule has 0 atom stereocenters. The van der Waals surface area contributed by atoms with Gasteiger partial charge >= 0.3 is 26.2 Å². The summed E-state index contributed by atoms with van der Waals surface area (Å²) >= 11 is 0. The van der Waals surface area contributed by atoms with E-state index in [1.165, 1.54) is 33.4 Å². The first kappa shape index (κ1) is 36.3. The second kappa shape index (κ2) is 20.0. The number of benzene rings is 6. The fraction of sp³-hybridized carbons (Fsp3) is 0. The Hall–Kier alpha value is -5.50. The Morgan fingerprint density at radius 2 is 0.510 bits per heavy atom. The smallest absolute Gasteiger partial charge is 0.508 e. The van der Waals surface area contributed by atoms with Crippen molar-refractivity contribution in [1.29, 1.82) is 0 Å². The van der Waals surface area contributed by atoms with Gasteiger partial charge in [0, 0.05) is 0 Å². The first-order chi connectivity index (χ1) is 23.7. The van der Waals surface area contributed by atoms with Crippen LogP contribution in [0.4, 0.5) is 0 Å². The van der Waals surface area contributed by atoms with Gasteiger partial charge in [-0.3, -0.25) is 0 Å². The van der Waals surface area contributed by atoms with Crippen molar-refractivity contribution in [2.45, 2.75) is 0 Å². The van der Waals surface area contributed by atoms with Gasteiger partial charge < -0.3 is 10.2 Å². The zero-order valence-corrected chi connectivity index (χ0v) is 29.6. The summed E-state index contributed by atoms with van der Waals surface area (Å²) < 4.78 is 0. The maximum Gasteiger partial charge on any atom is 2.00 e. The number of rotatable bonds is 4. The van der Waals surface area contributed by atoms with Gasteiger partial charge in [0.05, 0.1) is 0 Å². The van der Waals surface area contributed by atoms with E-state index in [2.05, 4.69) is 97.1 Å². The minimum atomic E-state index is 0. The Morgan fingerprint density at radius 3 is 0.796 bits per heavy atom. The van der Waals surface area contributed by atoms with Crippen molar-refractivity contribution in [3.63, 3.8) is 0 Å². The Balaban J connectivity index is 0.000000147. The molecule has 2 nitrogen and oxygen atoms in total. The van der Waals surface area contributed by atoms with Crippen molar-refractivity contribution in [2.24, 2.45) is 0 Å². The number of aromatic hydroxyl groups is 2. The summed E-state index contributed by atoms with van der Waals surface area (Å²) in [5, 5.41) is 18.2. The molecule has 0 aliphatic carbocycles. The molecule has 2 N–H and O–H groups in total. The van der Waals surface area contributed by atoms with Gasteiger partial charge in [0.25, 0.3) is 0 Å². The summed E-state index contributed by atoms with van der Waals surface area (Å²) in [5.41, 5.74) is 9.76. The molecule has 8 aromatic rings. The zero-order valence-electron chi connectivity index (χ0n) is 27.2. The molecule has 8 aromatic carbocycles. The molecule has 0 spiro atoms. The van der Waals surface area contributed by atoms with Crippen LogP contribution < -0.4 is 0 Å². The number of phenolic OH excluding ortho intramolecular Hbond substituents is 2. The maximum atomic E-state index is 9.10. The summed E-state index contributed by atoms with van der Waals surface area (Å²) in [6, 6.07) is 72.1. The predicted octanol–water partition coefficient (Wildman–Crippen LogP) is 12.3. The number of hydrogen-bond donors (Lipinski definition) is 2. The Bertz CT molecular complexity index is 1820. The molecule has 8 rings (SSSR count). The largest absolute Gasteiger partial charge is 2.00 e. The Labute approximate surface area is 309 Å². The molecule has 0 aromatic heterocycles. The summed E-state index contributed by atoms with van der Waals surface area (Å²) in [6.07, 6.45) is 0.